The van der Waals surface area contributed by atoms with E-state index in [2.05, 4.69) is 31.2 Å². The second-order valence-corrected chi connectivity index (χ2v) is 6.81. The van der Waals surface area contributed by atoms with Crippen molar-refractivity contribution in [2.45, 2.75) is 32.4 Å². The summed E-state index contributed by atoms with van der Waals surface area (Å²) in [6, 6.07) is 4.96. The number of hydrogen-bond donors (Lipinski definition) is 4. The van der Waals surface area contributed by atoms with Crippen LogP contribution in [0.15, 0.2) is 49.1 Å². The first-order valence-corrected chi connectivity index (χ1v) is 9.85. The molecule has 2 rings (SSSR count). The van der Waals surface area contributed by atoms with Crippen LogP contribution in [0.1, 0.15) is 41.0 Å². The summed E-state index contributed by atoms with van der Waals surface area (Å²) in [6.07, 6.45) is 6.54. The van der Waals surface area contributed by atoms with Crippen LogP contribution in [0.5, 0.6) is 0 Å². The fourth-order valence-corrected chi connectivity index (χ4v) is 2.50. The van der Waals surface area contributed by atoms with Crippen molar-refractivity contribution in [1.82, 2.24) is 31.2 Å². The maximum atomic E-state index is 12.1. The summed E-state index contributed by atoms with van der Waals surface area (Å²) in [6.45, 7) is 4.30. The van der Waals surface area contributed by atoms with E-state index in [1.165, 1.54) is 49.1 Å². The average Bonchev–Trinajstić information content (AvgIpc) is 2.79. The van der Waals surface area contributed by atoms with E-state index in [4.69, 9.17) is 0 Å². The van der Waals surface area contributed by atoms with Gasteiger partial charge in [0, 0.05) is 35.9 Å². The zero-order chi connectivity index (χ0) is 22.6. The number of amides is 4. The van der Waals surface area contributed by atoms with E-state index in [0.717, 1.165) is 0 Å². The molecule has 2 aromatic heterocycles. The molecule has 2 atom stereocenters. The van der Waals surface area contributed by atoms with E-state index in [-0.39, 0.29) is 0 Å². The molecule has 2 unspecified atom stereocenters. The van der Waals surface area contributed by atoms with Gasteiger partial charge in [0.2, 0.25) is 11.8 Å². The first kappa shape index (κ1) is 23.8. The Morgan fingerprint density at radius 2 is 1.06 bits per heavy atom. The van der Waals surface area contributed by atoms with E-state index >= 15 is 0 Å². The van der Waals surface area contributed by atoms with Gasteiger partial charge in [-0.15, -0.1) is 0 Å². The van der Waals surface area contributed by atoms with Crippen LogP contribution in [0, 0.1) is 0 Å². The number of aromatic nitrogens is 2. The second-order valence-electron chi connectivity index (χ2n) is 6.81. The number of carbonyl (C=O) groups excluding carboxylic acids is 4. The van der Waals surface area contributed by atoms with Crippen molar-refractivity contribution in [3.63, 3.8) is 0 Å². The fourth-order valence-electron chi connectivity index (χ4n) is 2.50. The minimum atomic E-state index is -0.565. The number of nitrogens with zero attached hydrogens (tertiary/aromatic N) is 2. The summed E-state index contributed by atoms with van der Waals surface area (Å²) in [4.78, 5) is 55.8. The molecule has 0 aliphatic rings. The molecule has 164 valence electrons. The van der Waals surface area contributed by atoms with Crippen LogP contribution >= 0.6 is 0 Å². The molecule has 0 spiro atoms. The minimum absolute atomic E-state index is 0.356. The SMILES string of the molecule is CC(NCCCNC(C)C(=O)NC(=O)c1ccncc1)C(=O)NC(=O)c1ccncc1. The summed E-state index contributed by atoms with van der Waals surface area (Å²) in [5, 5.41) is 10.7. The third-order valence-corrected chi connectivity index (χ3v) is 4.40. The molecule has 0 radical (unpaired) electrons. The Hall–Kier alpha value is -3.50. The highest BCUT2D eigenvalue weighted by molar-refractivity contribution is 6.06. The lowest BCUT2D eigenvalue weighted by Crippen LogP contribution is -2.46. The first-order valence-electron chi connectivity index (χ1n) is 9.85. The molecule has 0 saturated carbocycles. The van der Waals surface area contributed by atoms with Crippen LogP contribution in [-0.2, 0) is 9.59 Å². The molecule has 10 heteroatoms. The number of imide groups is 2. The molecule has 0 saturated heterocycles. The Kier molecular flexibility index (Phi) is 9.40. The normalized spacial score (nSPS) is 12.5. The van der Waals surface area contributed by atoms with Crippen LogP contribution in [0.3, 0.4) is 0 Å². The first-order chi connectivity index (χ1) is 14.9. The Morgan fingerprint density at radius 3 is 1.42 bits per heavy atom. The molecule has 0 bridgehead atoms. The summed E-state index contributed by atoms with van der Waals surface area (Å²) >= 11 is 0. The molecule has 4 amide bonds. The van der Waals surface area contributed by atoms with Gasteiger partial charge < -0.3 is 10.6 Å². The lowest BCUT2D eigenvalue weighted by atomic mass is 10.2. The van der Waals surface area contributed by atoms with Crippen LogP contribution in [-0.4, -0.2) is 58.8 Å². The Labute approximate surface area is 180 Å². The molecule has 0 aliphatic heterocycles. The summed E-state index contributed by atoms with van der Waals surface area (Å²) in [5.74, 6) is -1.83. The molecule has 2 heterocycles. The zero-order valence-corrected chi connectivity index (χ0v) is 17.4. The predicted molar refractivity (Wildman–Crippen MR) is 113 cm³/mol. The van der Waals surface area contributed by atoms with Gasteiger partial charge in [-0.1, -0.05) is 0 Å². The van der Waals surface area contributed by atoms with E-state index in [0.29, 0.717) is 30.6 Å². The van der Waals surface area contributed by atoms with Crippen molar-refractivity contribution in [1.29, 1.82) is 0 Å². The quantitative estimate of drug-likeness (QED) is 0.390. The number of rotatable bonds is 10. The molecule has 0 aliphatic carbocycles. The fraction of sp³-hybridized carbons (Fsp3) is 0.333. The summed E-state index contributed by atoms with van der Waals surface area (Å²) < 4.78 is 0. The zero-order valence-electron chi connectivity index (χ0n) is 17.4. The predicted octanol–water partition coefficient (Wildman–Crippen LogP) is 0.0359. The van der Waals surface area contributed by atoms with Gasteiger partial charge in [0.15, 0.2) is 0 Å². The van der Waals surface area contributed by atoms with E-state index in [9.17, 15) is 19.2 Å². The highest BCUT2D eigenvalue weighted by Gasteiger charge is 2.17. The third kappa shape index (κ3) is 8.03. The third-order valence-electron chi connectivity index (χ3n) is 4.40. The molecular formula is C21H26N6O4. The van der Waals surface area contributed by atoms with Crippen LogP contribution in [0.4, 0.5) is 0 Å². The van der Waals surface area contributed by atoms with Crippen LogP contribution in [0.25, 0.3) is 0 Å². The Balaban J connectivity index is 1.62. The monoisotopic (exact) mass is 426 g/mol. The van der Waals surface area contributed by atoms with Crippen LogP contribution < -0.4 is 21.3 Å². The van der Waals surface area contributed by atoms with E-state index in [1.54, 1.807) is 13.8 Å². The lowest BCUT2D eigenvalue weighted by molar-refractivity contribution is -0.122. The topological polar surface area (TPSA) is 142 Å². The van der Waals surface area contributed by atoms with E-state index < -0.39 is 35.7 Å². The van der Waals surface area contributed by atoms with Crippen molar-refractivity contribution < 1.29 is 19.2 Å². The van der Waals surface area contributed by atoms with Gasteiger partial charge in [0.05, 0.1) is 12.1 Å². The molecule has 2 aromatic rings. The van der Waals surface area contributed by atoms with Crippen molar-refractivity contribution in [3.8, 4) is 0 Å². The van der Waals surface area contributed by atoms with E-state index in [1.807, 2.05) is 0 Å². The second kappa shape index (κ2) is 12.3. The number of pyridine rings is 2. The number of carbonyl (C=O) groups is 4. The molecule has 0 fully saturated rings. The molecule has 10 nitrogen and oxygen atoms in total. The Morgan fingerprint density at radius 1 is 0.710 bits per heavy atom. The maximum absolute atomic E-state index is 12.1. The van der Waals surface area contributed by atoms with Gasteiger partial charge in [0.1, 0.15) is 0 Å². The van der Waals surface area contributed by atoms with Gasteiger partial charge in [-0.2, -0.15) is 0 Å². The maximum Gasteiger partial charge on any atom is 0.257 e. The molecule has 4 N–H and O–H groups in total. The molecular weight excluding hydrogens is 400 g/mol. The van der Waals surface area contributed by atoms with Gasteiger partial charge in [-0.3, -0.25) is 39.8 Å². The Bertz CT molecular complexity index is 818. The lowest BCUT2D eigenvalue weighted by Gasteiger charge is -2.15. The number of nitrogens with one attached hydrogen (secondary N) is 4. The average molecular weight is 426 g/mol. The summed E-state index contributed by atoms with van der Waals surface area (Å²) in [7, 11) is 0. The van der Waals surface area contributed by atoms with Gasteiger partial charge in [-0.25, -0.2) is 0 Å². The molecule has 0 aromatic carbocycles. The largest absolute Gasteiger partial charge is 0.306 e. The van der Waals surface area contributed by atoms with Crippen molar-refractivity contribution in [2.75, 3.05) is 13.1 Å². The van der Waals surface area contributed by atoms with Gasteiger partial charge in [-0.05, 0) is 57.6 Å². The van der Waals surface area contributed by atoms with Crippen molar-refractivity contribution in [3.05, 3.63) is 60.2 Å². The van der Waals surface area contributed by atoms with Crippen molar-refractivity contribution in [2.24, 2.45) is 0 Å². The standard InChI is InChI=1S/C21H26N6O4/c1-14(18(28)26-20(30)16-4-10-22-11-5-16)24-8-3-9-25-15(2)19(29)27-21(31)17-6-12-23-13-7-17/h4-7,10-15,24-25H,3,8-9H2,1-2H3,(H,26,28,30)(H,27,29,31). The highest BCUT2D eigenvalue weighted by Crippen LogP contribution is 1.97. The smallest absolute Gasteiger partial charge is 0.257 e. The number of hydrogen-bond acceptors (Lipinski definition) is 8. The summed E-state index contributed by atoms with van der Waals surface area (Å²) in [5.41, 5.74) is 0.712. The highest BCUT2D eigenvalue weighted by atomic mass is 16.2. The molecule has 31 heavy (non-hydrogen) atoms. The van der Waals surface area contributed by atoms with Gasteiger partial charge >= 0.3 is 0 Å². The van der Waals surface area contributed by atoms with Crippen LogP contribution in [0.2, 0.25) is 0 Å². The van der Waals surface area contributed by atoms with Gasteiger partial charge in [0.25, 0.3) is 11.8 Å². The van der Waals surface area contributed by atoms with Crippen molar-refractivity contribution >= 4 is 23.6 Å². The minimum Gasteiger partial charge on any atom is -0.306 e.